The molecule has 13 heavy (non-hydrogen) atoms. The highest BCUT2D eigenvalue weighted by Gasteiger charge is 2.12. The van der Waals surface area contributed by atoms with Crippen LogP contribution in [0.25, 0.3) is 0 Å². The van der Waals surface area contributed by atoms with Crippen molar-refractivity contribution in [3.63, 3.8) is 0 Å². The molecule has 0 saturated carbocycles. The van der Waals surface area contributed by atoms with Crippen LogP contribution in [0.1, 0.15) is 13.3 Å². The van der Waals surface area contributed by atoms with Gasteiger partial charge in [-0.15, -0.1) is 0 Å². The van der Waals surface area contributed by atoms with Crippen molar-refractivity contribution in [1.82, 2.24) is 0 Å². The normalized spacial score (nSPS) is 9.00. The lowest BCUT2D eigenvalue weighted by Crippen LogP contribution is -2.16. The van der Waals surface area contributed by atoms with E-state index in [0.29, 0.717) is 0 Å². The van der Waals surface area contributed by atoms with E-state index in [9.17, 15) is 14.4 Å². The number of rotatable bonds is 5. The van der Waals surface area contributed by atoms with Gasteiger partial charge in [0, 0.05) is 5.57 Å². The molecule has 0 rings (SSSR count). The molecule has 72 valence electrons. The molecule has 0 aliphatic heterocycles. The maximum Gasteiger partial charge on any atom is 0.372 e. The van der Waals surface area contributed by atoms with Crippen LogP contribution < -0.4 is 0 Å². The Morgan fingerprint density at radius 1 is 1.38 bits per heavy atom. The summed E-state index contributed by atoms with van der Waals surface area (Å²) >= 11 is 0. The zero-order chi connectivity index (χ0) is 10.4. The first-order valence-electron chi connectivity index (χ1n) is 3.54. The number of carboxylic acid groups (broad SMARTS) is 1. The number of hydrogen-bond acceptors (Lipinski definition) is 4. The first-order valence-corrected chi connectivity index (χ1v) is 3.54. The SMILES string of the molecule is C=C(C)C(=O)OCCC(=O)C(=O)O. The smallest absolute Gasteiger partial charge is 0.372 e. The zero-order valence-electron chi connectivity index (χ0n) is 7.20. The molecule has 0 atom stereocenters. The summed E-state index contributed by atoms with van der Waals surface area (Å²) in [5.74, 6) is -3.13. The van der Waals surface area contributed by atoms with Gasteiger partial charge in [-0.25, -0.2) is 9.59 Å². The molecule has 0 heterocycles. The van der Waals surface area contributed by atoms with Crippen molar-refractivity contribution >= 4 is 17.7 Å². The molecule has 5 heteroatoms. The average Bonchev–Trinajstić information content (AvgIpc) is 2.03. The molecule has 1 N–H and O–H groups in total. The van der Waals surface area contributed by atoms with E-state index in [4.69, 9.17) is 5.11 Å². The fourth-order valence-electron chi connectivity index (χ4n) is 0.467. The number of carbonyl (C=O) groups excluding carboxylic acids is 2. The van der Waals surface area contributed by atoms with E-state index in [-0.39, 0.29) is 18.6 Å². The van der Waals surface area contributed by atoms with Crippen LogP contribution in [0, 0.1) is 0 Å². The van der Waals surface area contributed by atoms with Gasteiger partial charge in [0.25, 0.3) is 0 Å². The zero-order valence-corrected chi connectivity index (χ0v) is 7.20. The van der Waals surface area contributed by atoms with E-state index in [1.54, 1.807) is 0 Å². The fraction of sp³-hybridized carbons (Fsp3) is 0.375. The van der Waals surface area contributed by atoms with E-state index in [2.05, 4.69) is 11.3 Å². The molecule has 0 aromatic heterocycles. The fourth-order valence-corrected chi connectivity index (χ4v) is 0.467. The molecule has 0 bridgehead atoms. The highest BCUT2D eigenvalue weighted by Crippen LogP contribution is 1.93. The van der Waals surface area contributed by atoms with Crippen LogP contribution in [0.4, 0.5) is 0 Å². The summed E-state index contributed by atoms with van der Waals surface area (Å²) in [5, 5.41) is 8.15. The third-order valence-corrected chi connectivity index (χ3v) is 1.15. The minimum atomic E-state index is -1.52. The molecular weight excluding hydrogens is 176 g/mol. The van der Waals surface area contributed by atoms with E-state index >= 15 is 0 Å². The number of ether oxygens (including phenoxy) is 1. The molecule has 0 amide bonds. The van der Waals surface area contributed by atoms with Crippen LogP contribution in [0.2, 0.25) is 0 Å². The van der Waals surface area contributed by atoms with Gasteiger partial charge in [0.15, 0.2) is 0 Å². The number of esters is 1. The van der Waals surface area contributed by atoms with Gasteiger partial charge in [-0.2, -0.15) is 0 Å². The summed E-state index contributed by atoms with van der Waals surface area (Å²) < 4.78 is 4.50. The minimum absolute atomic E-state index is 0.211. The molecule has 0 spiro atoms. The summed E-state index contributed by atoms with van der Waals surface area (Å²) in [4.78, 5) is 31.2. The van der Waals surface area contributed by atoms with E-state index in [1.165, 1.54) is 6.92 Å². The standard InChI is InChI=1S/C8H10O5/c1-5(2)8(12)13-4-3-6(9)7(10)11/h1,3-4H2,2H3,(H,10,11). The van der Waals surface area contributed by atoms with Gasteiger partial charge in [-0.05, 0) is 6.92 Å². The van der Waals surface area contributed by atoms with Gasteiger partial charge in [-0.3, -0.25) is 4.79 Å². The van der Waals surface area contributed by atoms with Gasteiger partial charge in [0.2, 0.25) is 5.78 Å². The Morgan fingerprint density at radius 3 is 2.31 bits per heavy atom. The van der Waals surface area contributed by atoms with Crippen LogP contribution in [0.15, 0.2) is 12.2 Å². The van der Waals surface area contributed by atoms with Crippen LogP contribution in [0.3, 0.4) is 0 Å². The molecule has 0 aromatic rings. The second-order valence-electron chi connectivity index (χ2n) is 2.39. The number of carbonyl (C=O) groups is 3. The molecule has 0 aliphatic rings. The molecule has 0 fully saturated rings. The third-order valence-electron chi connectivity index (χ3n) is 1.15. The molecule has 0 unspecified atom stereocenters. The van der Waals surface area contributed by atoms with Crippen molar-refractivity contribution in [3.05, 3.63) is 12.2 Å². The summed E-state index contributed by atoms with van der Waals surface area (Å²) in [5.41, 5.74) is 0.211. The van der Waals surface area contributed by atoms with Crippen LogP contribution in [0.5, 0.6) is 0 Å². The van der Waals surface area contributed by atoms with E-state index in [0.717, 1.165) is 0 Å². The number of Topliss-reactive ketones (excluding diaryl/α,β-unsaturated/α-hetero) is 1. The molecule has 0 aromatic carbocycles. The Labute approximate surface area is 75.0 Å². The minimum Gasteiger partial charge on any atom is -0.475 e. The highest BCUT2D eigenvalue weighted by atomic mass is 16.5. The second-order valence-corrected chi connectivity index (χ2v) is 2.39. The van der Waals surface area contributed by atoms with E-state index < -0.39 is 17.7 Å². The third kappa shape index (κ3) is 4.73. The van der Waals surface area contributed by atoms with Crippen LogP contribution in [-0.4, -0.2) is 29.4 Å². The van der Waals surface area contributed by atoms with Crippen molar-refractivity contribution in [3.8, 4) is 0 Å². The van der Waals surface area contributed by atoms with Gasteiger partial charge >= 0.3 is 11.9 Å². The van der Waals surface area contributed by atoms with Gasteiger partial charge in [-0.1, -0.05) is 6.58 Å². The van der Waals surface area contributed by atoms with Crippen LogP contribution in [-0.2, 0) is 19.1 Å². The lowest BCUT2D eigenvalue weighted by Gasteiger charge is -2.01. The van der Waals surface area contributed by atoms with Crippen molar-refractivity contribution < 1.29 is 24.2 Å². The summed E-state index contributed by atoms with van der Waals surface area (Å²) in [6, 6.07) is 0. The van der Waals surface area contributed by atoms with Gasteiger partial charge < -0.3 is 9.84 Å². The lowest BCUT2D eigenvalue weighted by atomic mass is 10.3. The van der Waals surface area contributed by atoms with Gasteiger partial charge in [0.1, 0.15) is 0 Å². The Bertz CT molecular complexity index is 227. The van der Waals surface area contributed by atoms with Crippen molar-refractivity contribution in [1.29, 1.82) is 0 Å². The summed E-state index contributed by atoms with van der Waals surface area (Å²) in [6.07, 6.45) is -0.311. The van der Waals surface area contributed by atoms with Gasteiger partial charge in [0.05, 0.1) is 13.0 Å². The topological polar surface area (TPSA) is 80.7 Å². The number of ketones is 1. The number of aliphatic carboxylic acids is 1. The molecule has 0 saturated heterocycles. The van der Waals surface area contributed by atoms with Crippen molar-refractivity contribution in [2.24, 2.45) is 0 Å². The predicted molar refractivity (Wildman–Crippen MR) is 43.0 cm³/mol. The molecule has 0 aliphatic carbocycles. The molecular formula is C8H10O5. The Balaban J connectivity index is 3.69. The quantitative estimate of drug-likeness (QED) is 0.375. The van der Waals surface area contributed by atoms with Crippen molar-refractivity contribution in [2.45, 2.75) is 13.3 Å². The Hall–Kier alpha value is -1.65. The monoisotopic (exact) mass is 186 g/mol. The Kier molecular flexibility index (Phi) is 4.43. The van der Waals surface area contributed by atoms with Crippen molar-refractivity contribution in [2.75, 3.05) is 6.61 Å². The lowest BCUT2D eigenvalue weighted by molar-refractivity contribution is -0.150. The largest absolute Gasteiger partial charge is 0.475 e. The molecule has 0 radical (unpaired) electrons. The second kappa shape index (κ2) is 5.08. The van der Waals surface area contributed by atoms with Crippen LogP contribution >= 0.6 is 0 Å². The first-order chi connectivity index (χ1) is 5.95. The maximum atomic E-state index is 10.7. The number of hydrogen-bond donors (Lipinski definition) is 1. The highest BCUT2D eigenvalue weighted by molar-refractivity contribution is 6.32. The van der Waals surface area contributed by atoms with E-state index in [1.807, 2.05) is 0 Å². The maximum absolute atomic E-state index is 10.7. The number of carboxylic acids is 1. The first kappa shape index (κ1) is 11.4. The summed E-state index contributed by atoms with van der Waals surface area (Å²) in [6.45, 7) is 4.55. The Morgan fingerprint density at radius 2 is 1.92 bits per heavy atom. The summed E-state index contributed by atoms with van der Waals surface area (Å²) in [7, 11) is 0. The molecule has 5 nitrogen and oxygen atoms in total. The average molecular weight is 186 g/mol. The predicted octanol–water partition coefficient (Wildman–Crippen LogP) is 0.149.